The van der Waals surface area contributed by atoms with Crippen LogP contribution in [0.25, 0.3) is 10.2 Å². The summed E-state index contributed by atoms with van der Waals surface area (Å²) in [5, 5.41) is 0.520. The maximum Gasteiger partial charge on any atom is 0.338 e. The van der Waals surface area contributed by atoms with E-state index in [0.717, 1.165) is 10.2 Å². The highest BCUT2D eigenvalue weighted by molar-refractivity contribution is 7.22. The Balaban J connectivity index is 1.69. The monoisotopic (exact) mass is 276 g/mol. The Morgan fingerprint density at radius 1 is 1.42 bits per heavy atom. The van der Waals surface area contributed by atoms with E-state index in [1.54, 1.807) is 12.1 Å². The first-order valence-electron chi connectivity index (χ1n) is 6.55. The molecule has 0 bridgehead atoms. The zero-order valence-electron chi connectivity index (χ0n) is 10.6. The lowest BCUT2D eigenvalue weighted by atomic mass is 10.1. The largest absolute Gasteiger partial charge is 0.462 e. The van der Waals surface area contributed by atoms with Crippen molar-refractivity contribution in [1.82, 2.24) is 4.98 Å². The standard InChI is InChI=1S/C14H16N2O2S/c15-14-16-11-6-5-10(7-12(11)19-14)13(17)18-8-9-3-1-2-4-9/h5-7,9H,1-4,8H2,(H2,15,16). The highest BCUT2D eigenvalue weighted by Gasteiger charge is 2.18. The molecule has 1 aliphatic rings. The van der Waals surface area contributed by atoms with Crippen LogP contribution in [0.1, 0.15) is 36.0 Å². The number of nitrogens with zero attached hydrogens (tertiary/aromatic N) is 1. The maximum atomic E-state index is 12.0. The van der Waals surface area contributed by atoms with Gasteiger partial charge in [0.1, 0.15) is 0 Å². The number of esters is 1. The summed E-state index contributed by atoms with van der Waals surface area (Å²) in [4.78, 5) is 16.1. The van der Waals surface area contributed by atoms with E-state index in [-0.39, 0.29) is 5.97 Å². The van der Waals surface area contributed by atoms with Gasteiger partial charge in [0, 0.05) is 0 Å². The predicted octanol–water partition coefficient (Wildman–Crippen LogP) is 3.23. The average molecular weight is 276 g/mol. The minimum Gasteiger partial charge on any atom is -0.462 e. The van der Waals surface area contributed by atoms with Gasteiger partial charge in [0.25, 0.3) is 0 Å². The number of fused-ring (bicyclic) bond motifs is 1. The van der Waals surface area contributed by atoms with Crippen LogP contribution in [0.5, 0.6) is 0 Å². The molecule has 0 radical (unpaired) electrons. The van der Waals surface area contributed by atoms with Crippen molar-refractivity contribution in [2.24, 2.45) is 5.92 Å². The van der Waals surface area contributed by atoms with Gasteiger partial charge in [-0.1, -0.05) is 24.2 Å². The molecule has 1 aliphatic carbocycles. The second-order valence-electron chi connectivity index (χ2n) is 4.98. The summed E-state index contributed by atoms with van der Waals surface area (Å²) in [5.41, 5.74) is 7.06. The number of anilines is 1. The third-order valence-electron chi connectivity index (χ3n) is 3.57. The molecule has 5 heteroatoms. The molecule has 4 nitrogen and oxygen atoms in total. The molecule has 0 amide bonds. The molecule has 2 N–H and O–H groups in total. The molecule has 0 saturated heterocycles. The molecule has 0 aliphatic heterocycles. The number of nitrogens with two attached hydrogens (primary N) is 1. The van der Waals surface area contributed by atoms with Gasteiger partial charge >= 0.3 is 5.97 Å². The fourth-order valence-corrected chi connectivity index (χ4v) is 3.30. The molecule has 1 saturated carbocycles. The van der Waals surface area contributed by atoms with Gasteiger partial charge in [0.15, 0.2) is 5.13 Å². The Morgan fingerprint density at radius 3 is 3.00 bits per heavy atom. The maximum absolute atomic E-state index is 12.0. The highest BCUT2D eigenvalue weighted by Crippen LogP contribution is 2.26. The summed E-state index contributed by atoms with van der Waals surface area (Å²) < 4.78 is 6.31. The Bertz CT molecular complexity index is 603. The van der Waals surface area contributed by atoms with Gasteiger partial charge in [0.2, 0.25) is 0 Å². The van der Waals surface area contributed by atoms with Crippen molar-refractivity contribution in [3.63, 3.8) is 0 Å². The number of carbonyl (C=O) groups is 1. The van der Waals surface area contributed by atoms with Crippen molar-refractivity contribution in [3.8, 4) is 0 Å². The molecule has 0 atom stereocenters. The van der Waals surface area contributed by atoms with Gasteiger partial charge in [-0.3, -0.25) is 0 Å². The second-order valence-corrected chi connectivity index (χ2v) is 6.05. The van der Waals surface area contributed by atoms with Gasteiger partial charge in [-0.05, 0) is 37.0 Å². The molecule has 3 rings (SSSR count). The van der Waals surface area contributed by atoms with E-state index in [2.05, 4.69) is 4.98 Å². The normalized spacial score (nSPS) is 16.0. The number of carbonyl (C=O) groups excluding carboxylic acids is 1. The van der Waals surface area contributed by atoms with E-state index in [0.29, 0.717) is 23.2 Å². The Hall–Kier alpha value is -1.62. The summed E-state index contributed by atoms with van der Waals surface area (Å²) >= 11 is 1.39. The number of hydrogen-bond donors (Lipinski definition) is 1. The first kappa shape index (κ1) is 12.4. The lowest BCUT2D eigenvalue weighted by Gasteiger charge is -2.09. The molecule has 19 heavy (non-hydrogen) atoms. The van der Waals surface area contributed by atoms with Gasteiger partial charge in [-0.15, -0.1) is 0 Å². The van der Waals surface area contributed by atoms with Crippen LogP contribution in [0, 0.1) is 5.92 Å². The Morgan fingerprint density at radius 2 is 2.21 bits per heavy atom. The molecular formula is C14H16N2O2S. The van der Waals surface area contributed by atoms with Crippen molar-refractivity contribution in [1.29, 1.82) is 0 Å². The number of aromatic nitrogens is 1. The summed E-state index contributed by atoms with van der Waals surface area (Å²) in [5.74, 6) is 0.299. The van der Waals surface area contributed by atoms with E-state index in [1.807, 2.05) is 6.07 Å². The van der Waals surface area contributed by atoms with E-state index in [4.69, 9.17) is 10.5 Å². The Labute approximate surface area is 115 Å². The first-order valence-corrected chi connectivity index (χ1v) is 7.37. The third-order valence-corrected chi connectivity index (χ3v) is 4.41. The molecule has 1 fully saturated rings. The van der Waals surface area contributed by atoms with Crippen molar-refractivity contribution < 1.29 is 9.53 Å². The fraction of sp³-hybridized carbons (Fsp3) is 0.429. The van der Waals surface area contributed by atoms with Crippen LogP contribution < -0.4 is 5.73 Å². The van der Waals surface area contributed by atoms with Crippen molar-refractivity contribution in [3.05, 3.63) is 23.8 Å². The number of hydrogen-bond acceptors (Lipinski definition) is 5. The molecule has 1 aromatic carbocycles. The predicted molar refractivity (Wildman–Crippen MR) is 76.3 cm³/mol. The van der Waals surface area contributed by atoms with E-state index >= 15 is 0 Å². The van der Waals surface area contributed by atoms with Crippen LogP contribution in [-0.2, 0) is 4.74 Å². The fourth-order valence-electron chi connectivity index (χ4n) is 2.52. The SMILES string of the molecule is Nc1nc2ccc(C(=O)OCC3CCCC3)cc2s1. The van der Waals surface area contributed by atoms with E-state index in [1.165, 1.54) is 37.0 Å². The number of rotatable bonds is 3. The lowest BCUT2D eigenvalue weighted by Crippen LogP contribution is -2.11. The average Bonchev–Trinajstić information content (AvgIpc) is 3.02. The van der Waals surface area contributed by atoms with Crippen LogP contribution in [0.3, 0.4) is 0 Å². The minimum absolute atomic E-state index is 0.249. The van der Waals surface area contributed by atoms with Gasteiger partial charge in [-0.2, -0.15) is 0 Å². The summed E-state index contributed by atoms with van der Waals surface area (Å²) in [6.45, 7) is 0.543. The Kier molecular flexibility index (Phi) is 3.38. The lowest BCUT2D eigenvalue weighted by molar-refractivity contribution is 0.0443. The summed E-state index contributed by atoms with van der Waals surface area (Å²) in [6, 6.07) is 5.37. The smallest absolute Gasteiger partial charge is 0.338 e. The van der Waals surface area contributed by atoms with Crippen molar-refractivity contribution >= 4 is 32.7 Å². The summed E-state index contributed by atoms with van der Waals surface area (Å²) in [7, 11) is 0. The molecule has 0 spiro atoms. The third kappa shape index (κ3) is 2.71. The van der Waals surface area contributed by atoms with Crippen LogP contribution in [0.2, 0.25) is 0 Å². The van der Waals surface area contributed by atoms with Crippen LogP contribution >= 0.6 is 11.3 Å². The number of benzene rings is 1. The number of ether oxygens (including phenoxy) is 1. The van der Waals surface area contributed by atoms with Gasteiger partial charge in [-0.25, -0.2) is 9.78 Å². The van der Waals surface area contributed by atoms with Crippen LogP contribution in [0.15, 0.2) is 18.2 Å². The molecule has 1 heterocycles. The molecule has 1 aromatic heterocycles. The number of thiazole rings is 1. The molecule has 2 aromatic rings. The van der Waals surface area contributed by atoms with Gasteiger partial charge in [0.05, 0.1) is 22.4 Å². The summed E-state index contributed by atoms with van der Waals surface area (Å²) in [6.07, 6.45) is 4.87. The first-order chi connectivity index (χ1) is 9.22. The van der Waals surface area contributed by atoms with Gasteiger partial charge < -0.3 is 10.5 Å². The van der Waals surface area contributed by atoms with E-state index in [9.17, 15) is 4.79 Å². The minimum atomic E-state index is -0.249. The number of nitrogen functional groups attached to an aromatic ring is 1. The zero-order chi connectivity index (χ0) is 13.2. The topological polar surface area (TPSA) is 65.2 Å². The second kappa shape index (κ2) is 5.17. The van der Waals surface area contributed by atoms with Crippen molar-refractivity contribution in [2.75, 3.05) is 12.3 Å². The quantitative estimate of drug-likeness (QED) is 0.874. The van der Waals surface area contributed by atoms with E-state index < -0.39 is 0 Å². The highest BCUT2D eigenvalue weighted by atomic mass is 32.1. The molecule has 0 unspecified atom stereocenters. The molecule has 100 valence electrons. The van der Waals surface area contributed by atoms with Crippen molar-refractivity contribution in [2.45, 2.75) is 25.7 Å². The molecular weight excluding hydrogens is 260 g/mol. The van der Waals surface area contributed by atoms with Crippen LogP contribution in [-0.4, -0.2) is 17.6 Å². The zero-order valence-corrected chi connectivity index (χ0v) is 11.4. The van der Waals surface area contributed by atoms with Crippen LogP contribution in [0.4, 0.5) is 5.13 Å².